The number of anilines is 1. The van der Waals surface area contributed by atoms with Crippen molar-refractivity contribution < 1.29 is 9.53 Å². The number of nitrogens with zero attached hydrogens (tertiary/aromatic N) is 2. The van der Waals surface area contributed by atoms with Gasteiger partial charge in [0, 0.05) is 25.2 Å². The van der Waals surface area contributed by atoms with Gasteiger partial charge in [0.15, 0.2) is 11.4 Å². The molecule has 0 fully saturated rings. The highest BCUT2D eigenvalue weighted by Gasteiger charge is 2.48. The summed E-state index contributed by atoms with van der Waals surface area (Å²) in [4.78, 5) is 20.4. The van der Waals surface area contributed by atoms with Gasteiger partial charge in [-0.15, -0.1) is 0 Å². The van der Waals surface area contributed by atoms with Crippen molar-refractivity contribution in [3.05, 3.63) is 53.0 Å². The Labute approximate surface area is 116 Å². The number of carbonyl (C=O) groups is 1. The molecule has 1 aliphatic heterocycles. The molecule has 2 aliphatic rings. The smallest absolute Gasteiger partial charge is 0.413 e. The minimum absolute atomic E-state index is 0.456. The molecule has 0 saturated heterocycles. The van der Waals surface area contributed by atoms with Crippen molar-refractivity contribution in [3.8, 4) is 0 Å². The maximum absolute atomic E-state index is 11.8. The van der Waals surface area contributed by atoms with E-state index in [-0.39, 0.29) is 0 Å². The van der Waals surface area contributed by atoms with Gasteiger partial charge in [-0.1, -0.05) is 23.8 Å². The molecule has 1 unspecified atom stereocenters. The lowest BCUT2D eigenvalue weighted by Crippen LogP contribution is -2.41. The fourth-order valence-electron chi connectivity index (χ4n) is 3.12. The Morgan fingerprint density at radius 1 is 1.20 bits per heavy atom. The van der Waals surface area contributed by atoms with Gasteiger partial charge in [0.2, 0.25) is 0 Å². The van der Waals surface area contributed by atoms with Crippen LogP contribution in [-0.2, 0) is 23.2 Å². The molecule has 5 nitrogen and oxygen atoms in total. The van der Waals surface area contributed by atoms with Crippen LogP contribution in [0.15, 0.2) is 30.6 Å². The van der Waals surface area contributed by atoms with Crippen LogP contribution in [0.1, 0.15) is 22.4 Å². The van der Waals surface area contributed by atoms with Gasteiger partial charge < -0.3 is 4.74 Å². The largest absolute Gasteiger partial charge is 0.435 e. The maximum Gasteiger partial charge on any atom is 0.413 e. The van der Waals surface area contributed by atoms with Crippen LogP contribution in [0.5, 0.6) is 0 Å². The molecular weight excluding hydrogens is 254 g/mol. The molecule has 0 bridgehead atoms. The highest BCUT2D eigenvalue weighted by Crippen LogP contribution is 2.44. The topological polar surface area (TPSA) is 64.1 Å². The summed E-state index contributed by atoms with van der Waals surface area (Å²) in [6.45, 7) is 2.06. The van der Waals surface area contributed by atoms with Crippen molar-refractivity contribution >= 4 is 11.9 Å². The summed E-state index contributed by atoms with van der Waals surface area (Å²) in [5.74, 6) is 0.508. The molecule has 4 rings (SSSR count). The minimum atomic E-state index is -0.706. The minimum Gasteiger partial charge on any atom is -0.435 e. The van der Waals surface area contributed by atoms with E-state index < -0.39 is 11.7 Å². The average Bonchev–Trinajstić information content (AvgIpc) is 2.76. The van der Waals surface area contributed by atoms with E-state index in [4.69, 9.17) is 4.74 Å². The van der Waals surface area contributed by atoms with Crippen molar-refractivity contribution in [1.29, 1.82) is 0 Å². The molecule has 1 atom stereocenters. The van der Waals surface area contributed by atoms with Crippen molar-refractivity contribution in [3.63, 3.8) is 0 Å². The van der Waals surface area contributed by atoms with Crippen molar-refractivity contribution in [2.75, 3.05) is 5.32 Å². The van der Waals surface area contributed by atoms with E-state index in [0.717, 1.165) is 0 Å². The number of hydrogen-bond donors (Lipinski definition) is 1. The first-order valence-electron chi connectivity index (χ1n) is 6.56. The second-order valence-electron chi connectivity index (χ2n) is 5.39. The summed E-state index contributed by atoms with van der Waals surface area (Å²) in [5, 5.41) is 2.61. The van der Waals surface area contributed by atoms with Crippen LogP contribution >= 0.6 is 0 Å². The predicted octanol–water partition coefficient (Wildman–Crippen LogP) is 2.34. The number of nitrogens with one attached hydrogen (secondary N) is 1. The molecule has 1 aliphatic carbocycles. The highest BCUT2D eigenvalue weighted by atomic mass is 16.6. The zero-order valence-electron chi connectivity index (χ0n) is 11.0. The molecule has 0 radical (unpaired) electrons. The fourth-order valence-corrected chi connectivity index (χ4v) is 3.12. The summed E-state index contributed by atoms with van der Waals surface area (Å²) in [5.41, 5.74) is 3.65. The lowest BCUT2D eigenvalue weighted by atomic mass is 9.94. The lowest BCUT2D eigenvalue weighted by Gasteiger charge is -2.33. The van der Waals surface area contributed by atoms with E-state index in [1.165, 1.54) is 16.7 Å². The Morgan fingerprint density at radius 3 is 2.90 bits per heavy atom. The highest BCUT2D eigenvalue weighted by molar-refractivity contribution is 5.87. The number of ether oxygens (including phenoxy) is 1. The summed E-state index contributed by atoms with van der Waals surface area (Å²) in [6, 6.07) is 6.33. The number of carbonyl (C=O) groups excluding carboxylic acids is 1. The number of hydrogen-bond acceptors (Lipinski definition) is 4. The van der Waals surface area contributed by atoms with Crippen LogP contribution < -0.4 is 5.32 Å². The first kappa shape index (κ1) is 11.4. The van der Waals surface area contributed by atoms with Gasteiger partial charge in [-0.05, 0) is 18.1 Å². The summed E-state index contributed by atoms with van der Waals surface area (Å²) in [7, 11) is 0. The van der Waals surface area contributed by atoms with Gasteiger partial charge in [0.05, 0.1) is 0 Å². The summed E-state index contributed by atoms with van der Waals surface area (Å²) in [6.07, 6.45) is 4.06. The second kappa shape index (κ2) is 3.79. The van der Waals surface area contributed by atoms with Crippen molar-refractivity contribution in [2.24, 2.45) is 0 Å². The molecule has 2 heterocycles. The molecular formula is C15H13N3O2. The van der Waals surface area contributed by atoms with E-state index >= 15 is 0 Å². The third-order valence-corrected chi connectivity index (χ3v) is 3.95. The average molecular weight is 267 g/mol. The van der Waals surface area contributed by atoms with Crippen LogP contribution in [0.2, 0.25) is 0 Å². The molecule has 1 aromatic heterocycles. The first-order chi connectivity index (χ1) is 9.66. The van der Waals surface area contributed by atoms with Crippen LogP contribution in [0.3, 0.4) is 0 Å². The Hall–Kier alpha value is -2.43. The second-order valence-corrected chi connectivity index (χ2v) is 5.39. The molecule has 5 heteroatoms. The Balaban J connectivity index is 1.86. The molecule has 1 aromatic carbocycles. The molecule has 1 spiro atoms. The number of aryl methyl sites for hydroxylation is 1. The van der Waals surface area contributed by atoms with Crippen LogP contribution in [0.4, 0.5) is 10.6 Å². The number of benzene rings is 1. The zero-order chi connectivity index (χ0) is 13.7. The van der Waals surface area contributed by atoms with Gasteiger partial charge in [-0.2, -0.15) is 0 Å². The van der Waals surface area contributed by atoms with Crippen molar-refractivity contribution in [1.82, 2.24) is 9.97 Å². The van der Waals surface area contributed by atoms with E-state index in [1.807, 2.05) is 0 Å². The first-order valence-corrected chi connectivity index (χ1v) is 6.56. The van der Waals surface area contributed by atoms with E-state index in [9.17, 15) is 4.79 Å². The Kier molecular flexibility index (Phi) is 2.16. The van der Waals surface area contributed by atoms with E-state index in [1.54, 1.807) is 12.4 Å². The van der Waals surface area contributed by atoms with Crippen LogP contribution in [0.25, 0.3) is 0 Å². The summed E-state index contributed by atoms with van der Waals surface area (Å²) >= 11 is 0. The molecule has 1 N–H and O–H groups in total. The van der Waals surface area contributed by atoms with Gasteiger partial charge in [0.1, 0.15) is 5.69 Å². The molecule has 20 heavy (non-hydrogen) atoms. The van der Waals surface area contributed by atoms with Gasteiger partial charge >= 0.3 is 6.09 Å². The third-order valence-electron chi connectivity index (χ3n) is 3.95. The Morgan fingerprint density at radius 2 is 2.00 bits per heavy atom. The molecule has 0 saturated carbocycles. The van der Waals surface area contributed by atoms with Gasteiger partial charge in [-0.25, -0.2) is 9.78 Å². The molecule has 2 aromatic rings. The number of aromatic nitrogens is 2. The standard InChI is InChI=1S/C15H13N3O2/c1-9-2-3-10-7-15(8-11(10)6-9)12-13(17-5-4-16-12)18-14(19)20-15/h2-6H,7-8H2,1H3,(H,17,18,19). The molecule has 1 amide bonds. The predicted molar refractivity (Wildman–Crippen MR) is 72.4 cm³/mol. The van der Waals surface area contributed by atoms with E-state index in [0.29, 0.717) is 24.4 Å². The SMILES string of the molecule is Cc1ccc2c(c1)CC1(C2)OC(=O)Nc2nccnc21. The maximum atomic E-state index is 11.8. The fraction of sp³-hybridized carbons (Fsp3) is 0.267. The number of rotatable bonds is 0. The van der Waals surface area contributed by atoms with Gasteiger partial charge in [-0.3, -0.25) is 10.3 Å². The monoisotopic (exact) mass is 267 g/mol. The quantitative estimate of drug-likeness (QED) is 0.795. The van der Waals surface area contributed by atoms with E-state index in [2.05, 4.69) is 40.4 Å². The van der Waals surface area contributed by atoms with Crippen LogP contribution in [-0.4, -0.2) is 16.1 Å². The normalized spacial score (nSPS) is 22.9. The zero-order valence-corrected chi connectivity index (χ0v) is 11.0. The van der Waals surface area contributed by atoms with Crippen LogP contribution in [0, 0.1) is 6.92 Å². The van der Waals surface area contributed by atoms with Gasteiger partial charge in [0.25, 0.3) is 0 Å². The summed E-state index contributed by atoms with van der Waals surface area (Å²) < 4.78 is 5.63. The lowest BCUT2D eigenvalue weighted by molar-refractivity contribution is 0.0157. The Bertz CT molecular complexity index is 729. The molecule has 100 valence electrons. The number of amides is 1. The third kappa shape index (κ3) is 1.52. The van der Waals surface area contributed by atoms with Crippen molar-refractivity contribution in [2.45, 2.75) is 25.4 Å². The number of fused-ring (bicyclic) bond motifs is 3.